The summed E-state index contributed by atoms with van der Waals surface area (Å²) >= 11 is 3.25. The molecule has 7 heteroatoms. The van der Waals surface area contributed by atoms with E-state index in [0.29, 0.717) is 12.1 Å². The summed E-state index contributed by atoms with van der Waals surface area (Å²) in [4.78, 5) is 5.83. The zero-order valence-electron chi connectivity index (χ0n) is 12.3. The number of hydrogen-bond acceptors (Lipinski definition) is 3. The lowest BCUT2D eigenvalue weighted by Crippen LogP contribution is -2.32. The first-order chi connectivity index (χ1) is 10.6. The van der Waals surface area contributed by atoms with Crippen molar-refractivity contribution in [3.05, 3.63) is 58.3 Å². The number of nitrogens with one attached hydrogen (secondary N) is 1. The molecule has 0 amide bonds. The first kappa shape index (κ1) is 18.1. The minimum atomic E-state index is -0.469. The molecule has 23 heavy (non-hydrogen) atoms. The van der Waals surface area contributed by atoms with Crippen LogP contribution < -0.4 is 10.2 Å². The summed E-state index contributed by atoms with van der Waals surface area (Å²) in [6, 6.07) is 8.48. The molecule has 0 bridgehead atoms. The van der Waals surface area contributed by atoms with Crippen LogP contribution in [0.25, 0.3) is 0 Å². The quantitative estimate of drug-likeness (QED) is 0.783. The van der Waals surface area contributed by atoms with Gasteiger partial charge < -0.3 is 10.2 Å². The average molecular weight is 405 g/mol. The Kier molecular flexibility index (Phi) is 6.33. The summed E-state index contributed by atoms with van der Waals surface area (Å²) in [6.07, 6.45) is 2.52. The Balaban J connectivity index is 0.00000192. The van der Waals surface area contributed by atoms with E-state index in [2.05, 4.69) is 31.1 Å². The molecule has 124 valence electrons. The summed E-state index contributed by atoms with van der Waals surface area (Å²) in [6.45, 7) is 2.19. The van der Waals surface area contributed by atoms with E-state index in [1.807, 2.05) is 6.07 Å². The van der Waals surface area contributed by atoms with E-state index in [0.717, 1.165) is 29.7 Å². The molecule has 3 nitrogen and oxygen atoms in total. The number of nitrogens with zero attached hydrogens (tertiary/aromatic N) is 2. The Labute approximate surface area is 148 Å². The second-order valence-corrected chi connectivity index (χ2v) is 6.30. The molecule has 0 radical (unpaired) electrons. The van der Waals surface area contributed by atoms with Crippen molar-refractivity contribution in [2.45, 2.75) is 19.0 Å². The molecule has 1 saturated heterocycles. The second-order valence-electron chi connectivity index (χ2n) is 5.39. The summed E-state index contributed by atoms with van der Waals surface area (Å²) < 4.78 is 27.4. The van der Waals surface area contributed by atoms with E-state index in [-0.39, 0.29) is 24.3 Å². The van der Waals surface area contributed by atoms with E-state index >= 15 is 0 Å². The van der Waals surface area contributed by atoms with Crippen molar-refractivity contribution < 1.29 is 8.78 Å². The second kappa shape index (κ2) is 8.04. The molecule has 0 aliphatic carbocycles. The van der Waals surface area contributed by atoms with Gasteiger partial charge in [-0.05, 0) is 30.7 Å². The Bertz CT molecular complexity index is 654. The minimum absolute atomic E-state index is 0. The van der Waals surface area contributed by atoms with Gasteiger partial charge in [-0.15, -0.1) is 12.4 Å². The van der Waals surface area contributed by atoms with Crippen LogP contribution in [-0.2, 0) is 6.54 Å². The number of pyridine rings is 1. The van der Waals surface area contributed by atoms with Gasteiger partial charge in [-0.1, -0.05) is 22.0 Å². The number of anilines is 1. The fourth-order valence-electron chi connectivity index (χ4n) is 2.64. The van der Waals surface area contributed by atoms with Gasteiger partial charge in [-0.2, -0.15) is 4.39 Å². The standard InChI is InChI=1S/C16H16BrF2N3.ClH/c17-12-2-1-11(15(18)7-12)8-20-13-5-6-22(10-13)14-3-4-16(19)21-9-14;/h1-4,7,9,13,20H,5-6,8,10H2;1H/t13-;/m0./s1. The van der Waals surface area contributed by atoms with Crippen LogP contribution in [0.1, 0.15) is 12.0 Å². The number of halogens is 4. The van der Waals surface area contributed by atoms with Gasteiger partial charge in [0.1, 0.15) is 5.82 Å². The Hall–Kier alpha value is -1.24. The number of hydrogen-bond donors (Lipinski definition) is 1. The maximum atomic E-state index is 13.8. The van der Waals surface area contributed by atoms with Crippen LogP contribution >= 0.6 is 28.3 Å². The highest BCUT2D eigenvalue weighted by atomic mass is 79.9. The molecular weight excluding hydrogens is 388 g/mol. The molecule has 0 saturated carbocycles. The highest BCUT2D eigenvalue weighted by Gasteiger charge is 2.22. The molecule has 3 rings (SSSR count). The lowest BCUT2D eigenvalue weighted by Gasteiger charge is -2.18. The maximum absolute atomic E-state index is 13.8. The van der Waals surface area contributed by atoms with E-state index in [9.17, 15) is 8.78 Å². The van der Waals surface area contributed by atoms with Gasteiger partial charge in [0, 0.05) is 35.7 Å². The van der Waals surface area contributed by atoms with Gasteiger partial charge in [0.15, 0.2) is 0 Å². The summed E-state index contributed by atoms with van der Waals surface area (Å²) in [7, 11) is 0. The highest BCUT2D eigenvalue weighted by molar-refractivity contribution is 9.10. The van der Waals surface area contributed by atoms with Gasteiger partial charge in [0.25, 0.3) is 0 Å². The smallest absolute Gasteiger partial charge is 0.212 e. The summed E-state index contributed by atoms with van der Waals surface area (Å²) in [5.74, 6) is -0.678. The zero-order valence-corrected chi connectivity index (χ0v) is 14.7. The molecule has 1 aliphatic heterocycles. The molecule has 1 N–H and O–H groups in total. The third kappa shape index (κ3) is 4.62. The van der Waals surface area contributed by atoms with Crippen LogP contribution in [0.3, 0.4) is 0 Å². The van der Waals surface area contributed by atoms with Gasteiger partial charge >= 0.3 is 0 Å². The molecule has 1 aromatic carbocycles. The molecule has 1 aromatic heterocycles. The third-order valence-electron chi connectivity index (χ3n) is 3.86. The monoisotopic (exact) mass is 403 g/mol. The Morgan fingerprint density at radius 3 is 2.78 bits per heavy atom. The van der Waals surface area contributed by atoms with Crippen LogP contribution in [0.2, 0.25) is 0 Å². The van der Waals surface area contributed by atoms with Crippen LogP contribution in [0.5, 0.6) is 0 Å². The highest BCUT2D eigenvalue weighted by Crippen LogP contribution is 2.20. The molecule has 1 fully saturated rings. The Morgan fingerprint density at radius 1 is 1.26 bits per heavy atom. The first-order valence-corrected chi connectivity index (χ1v) is 7.95. The van der Waals surface area contributed by atoms with Crippen molar-refractivity contribution in [2.75, 3.05) is 18.0 Å². The molecule has 0 unspecified atom stereocenters. The fourth-order valence-corrected chi connectivity index (χ4v) is 2.97. The maximum Gasteiger partial charge on any atom is 0.212 e. The van der Waals surface area contributed by atoms with E-state index in [1.54, 1.807) is 18.3 Å². The number of rotatable bonds is 4. The van der Waals surface area contributed by atoms with Crippen molar-refractivity contribution in [1.29, 1.82) is 0 Å². The largest absolute Gasteiger partial charge is 0.369 e. The van der Waals surface area contributed by atoms with E-state index < -0.39 is 5.95 Å². The minimum Gasteiger partial charge on any atom is -0.369 e. The predicted octanol–water partition coefficient (Wildman–Crippen LogP) is 3.91. The van der Waals surface area contributed by atoms with Gasteiger partial charge in [0.05, 0.1) is 11.9 Å². The lowest BCUT2D eigenvalue weighted by atomic mass is 10.2. The SMILES string of the molecule is Cl.Fc1ccc(N2CC[C@H](NCc3ccc(Br)cc3F)C2)cn1. The van der Waals surface area contributed by atoms with Crippen molar-refractivity contribution >= 4 is 34.0 Å². The molecular formula is C16H17BrClF2N3. The number of aromatic nitrogens is 1. The predicted molar refractivity (Wildman–Crippen MR) is 93.0 cm³/mol. The Morgan fingerprint density at radius 2 is 2.09 bits per heavy atom. The molecule has 1 atom stereocenters. The van der Waals surface area contributed by atoms with Crippen molar-refractivity contribution in [3.8, 4) is 0 Å². The first-order valence-electron chi connectivity index (χ1n) is 7.15. The van der Waals surface area contributed by atoms with Crippen LogP contribution in [0.15, 0.2) is 41.0 Å². The molecule has 2 aromatic rings. The van der Waals surface area contributed by atoms with Crippen LogP contribution in [-0.4, -0.2) is 24.1 Å². The van der Waals surface area contributed by atoms with Gasteiger partial charge in [0.2, 0.25) is 5.95 Å². The van der Waals surface area contributed by atoms with Crippen LogP contribution in [0.4, 0.5) is 14.5 Å². The van der Waals surface area contributed by atoms with Gasteiger partial charge in [-0.25, -0.2) is 9.37 Å². The molecule has 2 heterocycles. The third-order valence-corrected chi connectivity index (χ3v) is 4.35. The lowest BCUT2D eigenvalue weighted by molar-refractivity contribution is 0.529. The van der Waals surface area contributed by atoms with Crippen molar-refractivity contribution in [3.63, 3.8) is 0 Å². The average Bonchev–Trinajstić information content (AvgIpc) is 2.96. The summed E-state index contributed by atoms with van der Waals surface area (Å²) in [5, 5.41) is 3.38. The number of benzene rings is 1. The summed E-state index contributed by atoms with van der Waals surface area (Å²) in [5.41, 5.74) is 1.57. The van der Waals surface area contributed by atoms with Crippen molar-refractivity contribution in [1.82, 2.24) is 10.3 Å². The van der Waals surface area contributed by atoms with Gasteiger partial charge in [-0.3, -0.25) is 0 Å². The van der Waals surface area contributed by atoms with E-state index in [4.69, 9.17) is 0 Å². The fraction of sp³-hybridized carbons (Fsp3) is 0.312. The topological polar surface area (TPSA) is 28.2 Å². The van der Waals surface area contributed by atoms with E-state index in [1.165, 1.54) is 12.1 Å². The molecule has 0 spiro atoms. The zero-order chi connectivity index (χ0) is 15.5. The molecule has 1 aliphatic rings. The van der Waals surface area contributed by atoms with Crippen LogP contribution in [0, 0.1) is 11.8 Å². The normalized spacial score (nSPS) is 17.2. The van der Waals surface area contributed by atoms with Crippen molar-refractivity contribution in [2.24, 2.45) is 0 Å².